The maximum Gasteiger partial charge on any atom is 0.434 e. The fourth-order valence-corrected chi connectivity index (χ4v) is 6.03. The Kier molecular flexibility index (Phi) is 7.78. The van der Waals surface area contributed by atoms with E-state index in [0.29, 0.717) is 35.3 Å². The number of nitrogens with one attached hydrogen (secondary N) is 1. The monoisotopic (exact) mass is 597 g/mol. The van der Waals surface area contributed by atoms with E-state index in [1.54, 1.807) is 42.5 Å². The predicted octanol–water partition coefficient (Wildman–Crippen LogP) is 4.89. The summed E-state index contributed by atoms with van der Waals surface area (Å²) >= 11 is 0. The lowest BCUT2D eigenvalue weighted by Gasteiger charge is -2.37. The topological polar surface area (TPSA) is 105 Å². The van der Waals surface area contributed by atoms with Crippen LogP contribution in [0.1, 0.15) is 21.6 Å². The van der Waals surface area contributed by atoms with Crippen molar-refractivity contribution in [3.05, 3.63) is 96.5 Å². The fourth-order valence-electron chi connectivity index (χ4n) is 4.78. The van der Waals surface area contributed by atoms with Gasteiger partial charge in [-0.15, -0.1) is 0 Å². The normalized spacial score (nSPS) is 14.1. The minimum Gasteiger partial charge on any atom is -0.495 e. The number of alkyl halides is 3. The van der Waals surface area contributed by atoms with Crippen LogP contribution in [-0.4, -0.2) is 67.4 Å². The lowest BCUT2D eigenvalue weighted by Crippen LogP contribution is -2.48. The molecule has 9 nitrogen and oxygen atoms in total. The zero-order chi connectivity index (χ0) is 30.1. The van der Waals surface area contributed by atoms with E-state index in [2.05, 4.69) is 21.3 Å². The summed E-state index contributed by atoms with van der Waals surface area (Å²) in [4.78, 5) is 23.8. The molecule has 42 heavy (non-hydrogen) atoms. The van der Waals surface area contributed by atoms with Gasteiger partial charge in [0.15, 0.2) is 5.69 Å². The molecule has 218 valence electrons. The number of para-hydroxylation sites is 1. The Morgan fingerprint density at radius 2 is 1.62 bits per heavy atom. The third-order valence-corrected chi connectivity index (χ3v) is 8.32. The predicted molar refractivity (Wildman–Crippen MR) is 151 cm³/mol. The second-order valence-corrected chi connectivity index (χ2v) is 11.1. The van der Waals surface area contributed by atoms with Gasteiger partial charge in [0, 0.05) is 55.2 Å². The van der Waals surface area contributed by atoms with Crippen molar-refractivity contribution in [2.24, 2.45) is 0 Å². The zero-order valence-corrected chi connectivity index (χ0v) is 23.2. The molecule has 1 N–H and O–H groups in total. The molecule has 2 aromatic carbocycles. The lowest BCUT2D eigenvalue weighted by molar-refractivity contribution is -0.141. The van der Waals surface area contributed by atoms with Crippen molar-refractivity contribution in [1.82, 2.24) is 19.8 Å². The van der Waals surface area contributed by atoms with Crippen LogP contribution in [0.25, 0.3) is 16.6 Å². The standard InChI is InChI=1S/C29H26F3N5O4S/c1-19(36-14-16-37(17-15-36)28(38)22-8-5-13-34-27(22)29(30,31)32)21-10-11-23(24(18-21)41-2)35-42(39,40)25-9-3-6-20-7-4-12-33-26(20)25/h3-13,18,35H,1,14-17H2,2H3. The molecular formula is C29H26F3N5O4S. The number of aromatic nitrogens is 2. The largest absolute Gasteiger partial charge is 0.495 e. The number of fused-ring (bicyclic) bond motifs is 1. The Morgan fingerprint density at radius 3 is 2.33 bits per heavy atom. The molecule has 0 saturated carbocycles. The Morgan fingerprint density at radius 1 is 0.952 bits per heavy atom. The third kappa shape index (κ3) is 5.73. The summed E-state index contributed by atoms with van der Waals surface area (Å²) in [5.41, 5.74) is 0.0979. The van der Waals surface area contributed by atoms with Crippen LogP contribution >= 0.6 is 0 Å². The van der Waals surface area contributed by atoms with E-state index in [0.717, 1.165) is 12.3 Å². The number of benzene rings is 2. The molecule has 1 saturated heterocycles. The zero-order valence-electron chi connectivity index (χ0n) is 22.4. The maximum absolute atomic E-state index is 13.4. The highest BCUT2D eigenvalue weighted by Crippen LogP contribution is 2.33. The van der Waals surface area contributed by atoms with Gasteiger partial charge >= 0.3 is 6.18 Å². The van der Waals surface area contributed by atoms with Crippen LogP contribution in [0.5, 0.6) is 5.75 Å². The number of sulfonamides is 1. The van der Waals surface area contributed by atoms with Crippen molar-refractivity contribution < 1.29 is 31.1 Å². The number of hydrogen-bond acceptors (Lipinski definition) is 7. The van der Waals surface area contributed by atoms with E-state index in [1.165, 1.54) is 30.3 Å². The number of halogens is 3. The molecule has 0 atom stereocenters. The van der Waals surface area contributed by atoms with Crippen LogP contribution in [-0.2, 0) is 16.2 Å². The van der Waals surface area contributed by atoms with Gasteiger partial charge in [-0.3, -0.25) is 19.5 Å². The summed E-state index contributed by atoms with van der Waals surface area (Å²) in [6.07, 6.45) is -2.21. The molecule has 0 aliphatic carbocycles. The number of carbonyl (C=O) groups is 1. The lowest BCUT2D eigenvalue weighted by atomic mass is 10.1. The number of anilines is 1. The molecule has 1 aliphatic heterocycles. The van der Waals surface area contributed by atoms with Gasteiger partial charge in [0.1, 0.15) is 10.6 Å². The van der Waals surface area contributed by atoms with Crippen LogP contribution in [0, 0.1) is 0 Å². The van der Waals surface area contributed by atoms with Gasteiger partial charge in [0.25, 0.3) is 15.9 Å². The van der Waals surface area contributed by atoms with Gasteiger partial charge in [-0.1, -0.05) is 30.8 Å². The summed E-state index contributed by atoms with van der Waals surface area (Å²) in [5.74, 6) is -0.476. The molecule has 0 unspecified atom stereocenters. The van der Waals surface area contributed by atoms with E-state index in [-0.39, 0.29) is 29.4 Å². The van der Waals surface area contributed by atoms with Gasteiger partial charge in [-0.05, 0) is 36.4 Å². The minimum absolute atomic E-state index is 0.0252. The molecule has 2 aromatic heterocycles. The van der Waals surface area contributed by atoms with Gasteiger partial charge < -0.3 is 14.5 Å². The van der Waals surface area contributed by atoms with Crippen molar-refractivity contribution in [2.75, 3.05) is 38.0 Å². The minimum atomic E-state index is -4.74. The summed E-state index contributed by atoms with van der Waals surface area (Å²) in [7, 11) is -2.60. The van der Waals surface area contributed by atoms with Gasteiger partial charge in [-0.2, -0.15) is 13.2 Å². The Labute approximate surface area is 240 Å². The number of nitrogens with zero attached hydrogens (tertiary/aromatic N) is 4. The Balaban J connectivity index is 1.29. The van der Waals surface area contributed by atoms with Crippen LogP contribution in [0.2, 0.25) is 0 Å². The van der Waals surface area contributed by atoms with Gasteiger partial charge in [-0.25, -0.2) is 8.42 Å². The number of methoxy groups -OCH3 is 1. The number of hydrogen-bond donors (Lipinski definition) is 1. The highest BCUT2D eigenvalue weighted by molar-refractivity contribution is 7.93. The van der Waals surface area contributed by atoms with Crippen molar-refractivity contribution >= 4 is 38.2 Å². The van der Waals surface area contributed by atoms with Gasteiger partial charge in [0.05, 0.1) is 23.9 Å². The summed E-state index contributed by atoms with van der Waals surface area (Å²) in [5, 5.41) is 0.682. The Hall–Kier alpha value is -4.65. The highest BCUT2D eigenvalue weighted by Gasteiger charge is 2.38. The maximum atomic E-state index is 13.4. The number of pyridine rings is 2. The first-order chi connectivity index (χ1) is 20.0. The second-order valence-electron chi connectivity index (χ2n) is 9.48. The SMILES string of the molecule is C=C(c1ccc(NS(=O)(=O)c2cccc3cccnc23)c(OC)c1)N1CCN(C(=O)c2cccnc2C(F)(F)F)CC1. The first-order valence-electron chi connectivity index (χ1n) is 12.8. The number of rotatable bonds is 7. The molecule has 4 aromatic rings. The molecule has 0 bridgehead atoms. The molecule has 5 rings (SSSR count). The van der Waals surface area contributed by atoms with Gasteiger partial charge in [0.2, 0.25) is 0 Å². The number of piperazine rings is 1. The second kappa shape index (κ2) is 11.3. The molecule has 0 spiro atoms. The van der Waals surface area contributed by atoms with E-state index >= 15 is 0 Å². The molecule has 0 radical (unpaired) electrons. The van der Waals surface area contributed by atoms with Crippen LogP contribution in [0.4, 0.5) is 18.9 Å². The average molecular weight is 598 g/mol. The summed E-state index contributed by atoms with van der Waals surface area (Å²) < 4.78 is 74.7. The quantitative estimate of drug-likeness (QED) is 0.324. The van der Waals surface area contributed by atoms with Crippen LogP contribution in [0.3, 0.4) is 0 Å². The smallest absolute Gasteiger partial charge is 0.434 e. The molecular weight excluding hydrogens is 571 g/mol. The number of carbonyl (C=O) groups excluding carboxylic acids is 1. The van der Waals surface area contributed by atoms with Crippen LogP contribution in [0.15, 0.2) is 84.5 Å². The molecule has 1 amide bonds. The summed E-state index contributed by atoms with van der Waals surface area (Å²) in [6.45, 7) is 5.16. The van der Waals surface area contributed by atoms with E-state index in [9.17, 15) is 26.4 Å². The average Bonchev–Trinajstić information content (AvgIpc) is 2.99. The van der Waals surface area contributed by atoms with Crippen LogP contribution < -0.4 is 9.46 Å². The highest BCUT2D eigenvalue weighted by atomic mass is 32.2. The molecule has 13 heteroatoms. The molecule has 1 aliphatic rings. The molecule has 1 fully saturated rings. The fraction of sp³-hybridized carbons (Fsp3) is 0.207. The van der Waals surface area contributed by atoms with Crippen molar-refractivity contribution in [1.29, 1.82) is 0 Å². The van der Waals surface area contributed by atoms with E-state index in [1.807, 2.05) is 4.90 Å². The third-order valence-electron chi connectivity index (χ3n) is 6.92. The number of amides is 1. The van der Waals surface area contributed by atoms with E-state index < -0.39 is 33.4 Å². The first kappa shape index (κ1) is 28.9. The van der Waals surface area contributed by atoms with Crippen molar-refractivity contribution in [2.45, 2.75) is 11.1 Å². The number of ether oxygens (including phenoxy) is 1. The molecule has 3 heterocycles. The summed E-state index contributed by atoms with van der Waals surface area (Å²) in [6, 6.07) is 15.7. The first-order valence-corrected chi connectivity index (χ1v) is 14.3. The van der Waals surface area contributed by atoms with Crippen molar-refractivity contribution in [3.8, 4) is 5.75 Å². The Bertz CT molecular complexity index is 1770. The van der Waals surface area contributed by atoms with E-state index in [4.69, 9.17) is 4.74 Å². The van der Waals surface area contributed by atoms with Crippen molar-refractivity contribution in [3.63, 3.8) is 0 Å².